The van der Waals surface area contributed by atoms with Crippen molar-refractivity contribution in [3.8, 4) is 22.4 Å². The summed E-state index contributed by atoms with van der Waals surface area (Å²) in [7, 11) is 0. The molecule has 0 saturated heterocycles. The predicted molar refractivity (Wildman–Crippen MR) is 94.1 cm³/mol. The fourth-order valence-corrected chi connectivity index (χ4v) is 2.89. The second kappa shape index (κ2) is 5.56. The van der Waals surface area contributed by atoms with Gasteiger partial charge in [-0.05, 0) is 59.2 Å². The molecule has 112 valence electrons. The normalized spacial score (nSPS) is 11.0. The second-order valence-corrected chi connectivity index (χ2v) is 5.94. The highest BCUT2D eigenvalue weighted by Gasteiger charge is 2.06. The number of halogens is 2. The molecule has 23 heavy (non-hydrogen) atoms. The highest BCUT2D eigenvalue weighted by Crippen LogP contribution is 2.29. The van der Waals surface area contributed by atoms with Gasteiger partial charge in [-0.2, -0.15) is 0 Å². The fourth-order valence-electron chi connectivity index (χ4n) is 2.77. The van der Waals surface area contributed by atoms with Crippen LogP contribution in [0.4, 0.5) is 4.39 Å². The van der Waals surface area contributed by atoms with Crippen LogP contribution in [-0.4, -0.2) is 4.98 Å². The van der Waals surface area contributed by atoms with Crippen molar-refractivity contribution in [2.75, 3.05) is 0 Å². The lowest BCUT2D eigenvalue weighted by Gasteiger charge is -2.05. The van der Waals surface area contributed by atoms with E-state index in [2.05, 4.69) is 17.1 Å². The number of nitrogens with one attached hydrogen (secondary N) is 1. The molecule has 0 spiro atoms. The van der Waals surface area contributed by atoms with E-state index in [1.54, 1.807) is 12.1 Å². The lowest BCUT2D eigenvalue weighted by atomic mass is 10.0. The zero-order valence-electron chi connectivity index (χ0n) is 12.2. The molecule has 0 atom stereocenters. The Morgan fingerprint density at radius 1 is 0.739 bits per heavy atom. The third-order valence-electron chi connectivity index (χ3n) is 3.93. The van der Waals surface area contributed by atoms with Crippen LogP contribution in [0.25, 0.3) is 33.3 Å². The summed E-state index contributed by atoms with van der Waals surface area (Å²) in [5.74, 6) is -0.224. The van der Waals surface area contributed by atoms with E-state index in [1.165, 1.54) is 6.07 Å². The van der Waals surface area contributed by atoms with E-state index in [9.17, 15) is 4.39 Å². The summed E-state index contributed by atoms with van der Waals surface area (Å²) < 4.78 is 13.3. The minimum Gasteiger partial charge on any atom is -0.355 e. The summed E-state index contributed by atoms with van der Waals surface area (Å²) in [4.78, 5) is 3.34. The van der Waals surface area contributed by atoms with Crippen LogP contribution in [0.15, 0.2) is 72.8 Å². The van der Waals surface area contributed by atoms with Crippen molar-refractivity contribution in [3.05, 3.63) is 83.6 Å². The molecule has 1 nitrogen and oxygen atoms in total. The van der Waals surface area contributed by atoms with Crippen LogP contribution >= 0.6 is 11.6 Å². The first-order valence-corrected chi connectivity index (χ1v) is 7.71. The number of hydrogen-bond acceptors (Lipinski definition) is 0. The minimum atomic E-state index is -0.224. The van der Waals surface area contributed by atoms with Gasteiger partial charge in [0.25, 0.3) is 0 Å². The Labute approximate surface area is 138 Å². The van der Waals surface area contributed by atoms with Crippen LogP contribution in [0.5, 0.6) is 0 Å². The van der Waals surface area contributed by atoms with Gasteiger partial charge in [-0.3, -0.25) is 0 Å². The molecule has 0 saturated carbocycles. The van der Waals surface area contributed by atoms with Crippen LogP contribution < -0.4 is 0 Å². The average molecular weight is 322 g/mol. The Morgan fingerprint density at radius 2 is 1.52 bits per heavy atom. The Morgan fingerprint density at radius 3 is 2.35 bits per heavy atom. The van der Waals surface area contributed by atoms with Crippen LogP contribution in [-0.2, 0) is 0 Å². The van der Waals surface area contributed by atoms with E-state index in [0.29, 0.717) is 0 Å². The van der Waals surface area contributed by atoms with E-state index < -0.39 is 0 Å². The average Bonchev–Trinajstić information content (AvgIpc) is 2.99. The standard InChI is InChI=1S/C20H13ClFN/c21-17-6-4-13(5-7-17)14-2-1-3-15(10-14)20-12-16-11-18(22)8-9-19(16)23-20/h1-12,23H. The minimum absolute atomic E-state index is 0.224. The first kappa shape index (κ1) is 14.0. The third-order valence-corrected chi connectivity index (χ3v) is 4.19. The summed E-state index contributed by atoms with van der Waals surface area (Å²) >= 11 is 5.95. The van der Waals surface area contributed by atoms with Gasteiger partial charge in [-0.25, -0.2) is 4.39 Å². The molecular formula is C20H13ClFN. The van der Waals surface area contributed by atoms with Gasteiger partial charge in [0, 0.05) is 21.6 Å². The molecule has 1 aromatic heterocycles. The summed E-state index contributed by atoms with van der Waals surface area (Å²) in [5, 5.41) is 1.60. The molecule has 0 aliphatic carbocycles. The van der Waals surface area contributed by atoms with Gasteiger partial charge in [-0.1, -0.05) is 41.9 Å². The van der Waals surface area contributed by atoms with E-state index in [1.807, 2.05) is 42.5 Å². The monoisotopic (exact) mass is 321 g/mol. The topological polar surface area (TPSA) is 15.8 Å². The molecule has 3 heteroatoms. The molecule has 1 heterocycles. The summed E-state index contributed by atoms with van der Waals surface area (Å²) in [6, 6.07) is 22.8. The Kier molecular flexibility index (Phi) is 3.40. The van der Waals surface area contributed by atoms with Gasteiger partial charge in [-0.15, -0.1) is 0 Å². The lowest BCUT2D eigenvalue weighted by Crippen LogP contribution is -1.81. The molecule has 3 aromatic carbocycles. The number of aromatic nitrogens is 1. The van der Waals surface area contributed by atoms with Gasteiger partial charge < -0.3 is 4.98 Å². The van der Waals surface area contributed by atoms with Crippen molar-refractivity contribution in [1.29, 1.82) is 0 Å². The number of fused-ring (bicyclic) bond motifs is 1. The largest absolute Gasteiger partial charge is 0.355 e. The van der Waals surface area contributed by atoms with Crippen molar-refractivity contribution in [3.63, 3.8) is 0 Å². The maximum Gasteiger partial charge on any atom is 0.123 e. The Bertz CT molecular complexity index is 986. The van der Waals surface area contributed by atoms with Crippen molar-refractivity contribution in [2.45, 2.75) is 0 Å². The summed E-state index contributed by atoms with van der Waals surface area (Å²) in [5.41, 5.74) is 5.19. The molecule has 0 radical (unpaired) electrons. The molecule has 4 aromatic rings. The molecule has 0 aliphatic rings. The van der Waals surface area contributed by atoms with Crippen LogP contribution in [0.2, 0.25) is 5.02 Å². The van der Waals surface area contributed by atoms with E-state index >= 15 is 0 Å². The maximum absolute atomic E-state index is 13.3. The fraction of sp³-hybridized carbons (Fsp3) is 0. The Hall–Kier alpha value is -2.58. The van der Waals surface area contributed by atoms with Crippen molar-refractivity contribution < 1.29 is 4.39 Å². The van der Waals surface area contributed by atoms with Crippen LogP contribution in [0.3, 0.4) is 0 Å². The third kappa shape index (κ3) is 2.73. The lowest BCUT2D eigenvalue weighted by molar-refractivity contribution is 0.630. The molecular weight excluding hydrogens is 309 g/mol. The molecule has 1 N–H and O–H groups in total. The van der Waals surface area contributed by atoms with E-state index in [0.717, 1.165) is 38.3 Å². The zero-order chi connectivity index (χ0) is 15.8. The highest BCUT2D eigenvalue weighted by atomic mass is 35.5. The van der Waals surface area contributed by atoms with E-state index in [-0.39, 0.29) is 5.82 Å². The smallest absolute Gasteiger partial charge is 0.123 e. The zero-order valence-corrected chi connectivity index (χ0v) is 12.9. The van der Waals surface area contributed by atoms with Crippen molar-refractivity contribution >= 4 is 22.5 Å². The van der Waals surface area contributed by atoms with Gasteiger partial charge in [0.1, 0.15) is 5.82 Å². The van der Waals surface area contributed by atoms with Crippen molar-refractivity contribution in [2.24, 2.45) is 0 Å². The molecule has 0 unspecified atom stereocenters. The van der Waals surface area contributed by atoms with Crippen LogP contribution in [0.1, 0.15) is 0 Å². The quantitative estimate of drug-likeness (QED) is 0.446. The number of H-pyrrole nitrogens is 1. The number of hydrogen-bond donors (Lipinski definition) is 1. The Balaban J connectivity index is 1.79. The molecule has 0 amide bonds. The molecule has 0 fully saturated rings. The van der Waals surface area contributed by atoms with Gasteiger partial charge >= 0.3 is 0 Å². The van der Waals surface area contributed by atoms with Gasteiger partial charge in [0.2, 0.25) is 0 Å². The molecule has 0 bridgehead atoms. The molecule has 0 aliphatic heterocycles. The summed E-state index contributed by atoms with van der Waals surface area (Å²) in [6.45, 7) is 0. The first-order valence-electron chi connectivity index (χ1n) is 7.34. The second-order valence-electron chi connectivity index (χ2n) is 5.50. The summed E-state index contributed by atoms with van der Waals surface area (Å²) in [6.07, 6.45) is 0. The van der Waals surface area contributed by atoms with Crippen LogP contribution in [0, 0.1) is 5.82 Å². The van der Waals surface area contributed by atoms with E-state index in [4.69, 9.17) is 11.6 Å². The first-order chi connectivity index (χ1) is 11.2. The predicted octanol–water partition coefficient (Wildman–Crippen LogP) is 6.29. The van der Waals surface area contributed by atoms with Gasteiger partial charge in [0.05, 0.1) is 0 Å². The maximum atomic E-state index is 13.3. The highest BCUT2D eigenvalue weighted by molar-refractivity contribution is 6.30. The number of aromatic amines is 1. The van der Waals surface area contributed by atoms with Gasteiger partial charge in [0.15, 0.2) is 0 Å². The molecule has 4 rings (SSSR count). The van der Waals surface area contributed by atoms with Crippen molar-refractivity contribution in [1.82, 2.24) is 4.98 Å². The number of benzene rings is 3. The SMILES string of the molecule is Fc1ccc2[nH]c(-c3cccc(-c4ccc(Cl)cc4)c3)cc2c1. The number of rotatable bonds is 2.